The van der Waals surface area contributed by atoms with E-state index in [1.165, 1.54) is 5.56 Å². The van der Waals surface area contributed by atoms with E-state index in [1.54, 1.807) is 12.1 Å². The highest BCUT2D eigenvalue weighted by Gasteiger charge is 2.19. The Bertz CT molecular complexity index is 997. The Labute approximate surface area is 188 Å². The molecule has 1 fully saturated rings. The van der Waals surface area contributed by atoms with Crippen LogP contribution in [0.4, 0.5) is 5.69 Å². The van der Waals surface area contributed by atoms with Gasteiger partial charge in [0.25, 0.3) is 5.91 Å². The number of amides is 1. The maximum atomic E-state index is 12.7. The number of carboxylic acids is 1. The molecule has 8 nitrogen and oxygen atoms in total. The predicted molar refractivity (Wildman–Crippen MR) is 124 cm³/mol. The van der Waals surface area contributed by atoms with E-state index in [2.05, 4.69) is 27.4 Å². The lowest BCUT2D eigenvalue weighted by Crippen LogP contribution is -2.41. The number of benzene rings is 2. The molecule has 0 unspecified atom stereocenters. The minimum absolute atomic E-state index is 0.0283. The average Bonchev–Trinajstić information content (AvgIpc) is 2.78. The van der Waals surface area contributed by atoms with Gasteiger partial charge in [0.15, 0.2) is 0 Å². The van der Waals surface area contributed by atoms with Gasteiger partial charge in [-0.2, -0.15) is 5.10 Å². The first-order valence-corrected chi connectivity index (χ1v) is 10.9. The van der Waals surface area contributed by atoms with Gasteiger partial charge < -0.3 is 15.3 Å². The Balaban J connectivity index is 1.35. The van der Waals surface area contributed by atoms with Crippen LogP contribution in [0.2, 0.25) is 0 Å². The lowest BCUT2D eigenvalue weighted by atomic mass is 9.99. The summed E-state index contributed by atoms with van der Waals surface area (Å²) in [4.78, 5) is 27.9. The van der Waals surface area contributed by atoms with Gasteiger partial charge in [-0.1, -0.05) is 18.2 Å². The molecule has 32 heavy (non-hydrogen) atoms. The molecule has 0 aromatic heterocycles. The zero-order valence-corrected chi connectivity index (χ0v) is 18.3. The van der Waals surface area contributed by atoms with Crippen molar-refractivity contribution in [3.63, 3.8) is 0 Å². The van der Waals surface area contributed by atoms with Crippen LogP contribution in [0.15, 0.2) is 47.6 Å². The van der Waals surface area contributed by atoms with Crippen LogP contribution >= 0.6 is 0 Å². The lowest BCUT2D eigenvalue weighted by molar-refractivity contribution is -0.138. The molecule has 1 saturated heterocycles. The Morgan fingerprint density at radius 3 is 2.50 bits per heavy atom. The van der Waals surface area contributed by atoms with Crippen molar-refractivity contribution >= 4 is 23.8 Å². The van der Waals surface area contributed by atoms with Gasteiger partial charge in [-0.3, -0.25) is 19.5 Å². The van der Waals surface area contributed by atoms with Gasteiger partial charge in [-0.05, 0) is 54.4 Å². The topological polar surface area (TPSA) is 88.5 Å². The molecular formula is C24H29N5O3. The molecule has 0 atom stereocenters. The quantitative estimate of drug-likeness (QED) is 0.675. The second-order valence-corrected chi connectivity index (χ2v) is 8.42. The van der Waals surface area contributed by atoms with Crippen molar-refractivity contribution in [1.29, 1.82) is 0 Å². The number of fused-ring (bicyclic) bond motifs is 1. The molecule has 0 radical (unpaired) electrons. The van der Waals surface area contributed by atoms with Crippen LogP contribution < -0.4 is 5.32 Å². The maximum Gasteiger partial charge on any atom is 0.317 e. The SMILES string of the molecule is CN1CCN(N=Cc2ccc(C(=O)Nc3ccc4c(c3)CN(CC(=O)O)CC4)cc2)CC1. The Kier molecular flexibility index (Phi) is 6.82. The van der Waals surface area contributed by atoms with E-state index in [-0.39, 0.29) is 12.5 Å². The molecule has 2 aliphatic rings. The Hall–Kier alpha value is -3.23. The molecule has 1 amide bonds. The molecule has 2 N–H and O–H groups in total. The molecule has 2 aromatic carbocycles. The van der Waals surface area contributed by atoms with Gasteiger partial charge in [0.1, 0.15) is 0 Å². The summed E-state index contributed by atoms with van der Waals surface area (Å²) >= 11 is 0. The first-order chi connectivity index (χ1) is 15.5. The predicted octanol–water partition coefficient (Wildman–Crippen LogP) is 1.96. The second-order valence-electron chi connectivity index (χ2n) is 8.42. The smallest absolute Gasteiger partial charge is 0.317 e. The highest BCUT2D eigenvalue weighted by Crippen LogP contribution is 2.23. The number of hydrogen-bond donors (Lipinski definition) is 2. The van der Waals surface area contributed by atoms with Gasteiger partial charge in [0.2, 0.25) is 0 Å². The molecule has 0 aliphatic carbocycles. The van der Waals surface area contributed by atoms with Crippen LogP contribution in [-0.2, 0) is 17.8 Å². The van der Waals surface area contributed by atoms with E-state index in [0.29, 0.717) is 17.8 Å². The summed E-state index contributed by atoms with van der Waals surface area (Å²) < 4.78 is 0. The van der Waals surface area contributed by atoms with Gasteiger partial charge in [0.05, 0.1) is 12.8 Å². The fourth-order valence-corrected chi connectivity index (χ4v) is 4.00. The third-order valence-electron chi connectivity index (χ3n) is 5.94. The Morgan fingerprint density at radius 1 is 1.03 bits per heavy atom. The van der Waals surface area contributed by atoms with Crippen molar-refractivity contribution in [2.24, 2.45) is 5.10 Å². The minimum atomic E-state index is -0.824. The van der Waals surface area contributed by atoms with E-state index in [0.717, 1.165) is 50.3 Å². The van der Waals surface area contributed by atoms with Crippen molar-refractivity contribution in [2.75, 3.05) is 51.6 Å². The normalized spacial score (nSPS) is 17.3. The summed E-state index contributed by atoms with van der Waals surface area (Å²) in [5.74, 6) is -0.999. The maximum absolute atomic E-state index is 12.7. The molecule has 0 spiro atoms. The monoisotopic (exact) mass is 435 g/mol. The molecular weight excluding hydrogens is 406 g/mol. The third-order valence-corrected chi connectivity index (χ3v) is 5.94. The zero-order chi connectivity index (χ0) is 22.5. The number of piperazine rings is 1. The largest absolute Gasteiger partial charge is 0.480 e. The standard InChI is InChI=1S/C24H29N5O3/c1-27-10-12-29(13-11-27)25-15-18-2-4-20(5-3-18)24(32)26-22-7-6-19-8-9-28(17-23(30)31)16-21(19)14-22/h2-7,14-15H,8-13,16-17H2,1H3,(H,26,32)(H,30,31). The number of carbonyl (C=O) groups is 2. The molecule has 4 rings (SSSR count). The first-order valence-electron chi connectivity index (χ1n) is 10.9. The van der Waals surface area contributed by atoms with Crippen LogP contribution in [0.3, 0.4) is 0 Å². The molecule has 0 saturated carbocycles. The molecule has 8 heteroatoms. The van der Waals surface area contributed by atoms with Crippen LogP contribution in [0.1, 0.15) is 27.0 Å². The van der Waals surface area contributed by atoms with Crippen molar-refractivity contribution in [2.45, 2.75) is 13.0 Å². The number of nitrogens with one attached hydrogen (secondary N) is 1. The lowest BCUT2D eigenvalue weighted by Gasteiger charge is -2.30. The highest BCUT2D eigenvalue weighted by molar-refractivity contribution is 6.04. The second kappa shape index (κ2) is 9.93. The summed E-state index contributed by atoms with van der Waals surface area (Å²) in [5.41, 5.74) is 4.51. The van der Waals surface area contributed by atoms with E-state index in [1.807, 2.05) is 41.4 Å². The fraction of sp³-hybridized carbons (Fsp3) is 0.375. The summed E-state index contributed by atoms with van der Waals surface area (Å²) in [6.07, 6.45) is 2.65. The van der Waals surface area contributed by atoms with E-state index >= 15 is 0 Å². The molecule has 2 aromatic rings. The number of carboxylic acid groups (broad SMARTS) is 1. The number of anilines is 1. The molecule has 2 heterocycles. The van der Waals surface area contributed by atoms with Gasteiger partial charge in [-0.15, -0.1) is 0 Å². The Morgan fingerprint density at radius 2 is 1.78 bits per heavy atom. The molecule has 0 bridgehead atoms. The number of aliphatic carboxylic acids is 1. The van der Waals surface area contributed by atoms with Gasteiger partial charge in [0, 0.05) is 50.5 Å². The van der Waals surface area contributed by atoms with Crippen LogP contribution in [-0.4, -0.2) is 84.3 Å². The van der Waals surface area contributed by atoms with Crippen molar-refractivity contribution in [3.8, 4) is 0 Å². The summed E-state index contributed by atoms with van der Waals surface area (Å²) in [6, 6.07) is 13.2. The van der Waals surface area contributed by atoms with Crippen molar-refractivity contribution < 1.29 is 14.7 Å². The van der Waals surface area contributed by atoms with Crippen molar-refractivity contribution in [3.05, 3.63) is 64.7 Å². The van der Waals surface area contributed by atoms with E-state index in [4.69, 9.17) is 5.11 Å². The number of rotatable bonds is 6. The summed E-state index contributed by atoms with van der Waals surface area (Å²) in [5, 5.41) is 18.6. The minimum Gasteiger partial charge on any atom is -0.480 e. The number of nitrogens with zero attached hydrogens (tertiary/aromatic N) is 4. The average molecular weight is 436 g/mol. The van der Waals surface area contributed by atoms with Crippen LogP contribution in [0.25, 0.3) is 0 Å². The molecule has 2 aliphatic heterocycles. The summed E-state index contributed by atoms with van der Waals surface area (Å²) in [6.45, 7) is 5.20. The number of hydrazone groups is 1. The molecule has 168 valence electrons. The van der Waals surface area contributed by atoms with E-state index < -0.39 is 5.97 Å². The fourth-order valence-electron chi connectivity index (χ4n) is 4.00. The third kappa shape index (κ3) is 5.72. The first kappa shape index (κ1) is 22.0. The highest BCUT2D eigenvalue weighted by atomic mass is 16.4. The summed E-state index contributed by atoms with van der Waals surface area (Å²) in [7, 11) is 2.11. The van der Waals surface area contributed by atoms with Crippen LogP contribution in [0.5, 0.6) is 0 Å². The number of likely N-dealkylation sites (N-methyl/N-ethyl adjacent to an activating group) is 1. The van der Waals surface area contributed by atoms with Gasteiger partial charge in [-0.25, -0.2) is 0 Å². The number of carbonyl (C=O) groups excluding carboxylic acids is 1. The van der Waals surface area contributed by atoms with Gasteiger partial charge >= 0.3 is 5.97 Å². The zero-order valence-electron chi connectivity index (χ0n) is 18.3. The van der Waals surface area contributed by atoms with Crippen LogP contribution in [0, 0.1) is 0 Å². The van der Waals surface area contributed by atoms with E-state index in [9.17, 15) is 9.59 Å². The van der Waals surface area contributed by atoms with Crippen molar-refractivity contribution in [1.82, 2.24) is 14.8 Å². The number of hydrogen-bond acceptors (Lipinski definition) is 6.